The molecule has 1 aromatic carbocycles. The number of aliphatic imine (C=N–C) groups is 1. The molecule has 0 radical (unpaired) electrons. The van der Waals surface area contributed by atoms with Crippen molar-refractivity contribution in [1.29, 1.82) is 0 Å². The summed E-state index contributed by atoms with van der Waals surface area (Å²) in [7, 11) is 0. The van der Waals surface area contributed by atoms with Gasteiger partial charge in [0.2, 0.25) is 0 Å². The van der Waals surface area contributed by atoms with Gasteiger partial charge in [-0.3, -0.25) is 10.3 Å². The summed E-state index contributed by atoms with van der Waals surface area (Å²) in [5, 5.41) is 8.81. The fourth-order valence-electron chi connectivity index (χ4n) is 2.21. The van der Waals surface area contributed by atoms with Crippen LogP contribution in [0.5, 0.6) is 0 Å². The molecule has 1 aromatic rings. The van der Waals surface area contributed by atoms with Crippen LogP contribution in [0.2, 0.25) is 0 Å². The zero-order valence-electron chi connectivity index (χ0n) is 12.5. The third-order valence-electron chi connectivity index (χ3n) is 3.35. The number of para-hydroxylation sites is 1. The van der Waals surface area contributed by atoms with Gasteiger partial charge < -0.3 is 10.6 Å². The number of nitrogens with zero attached hydrogens (tertiary/aromatic N) is 1. The first-order valence-corrected chi connectivity index (χ1v) is 7.09. The summed E-state index contributed by atoms with van der Waals surface area (Å²) in [5.74, 6) is 0.563. The van der Waals surface area contributed by atoms with Crippen LogP contribution in [0.3, 0.4) is 0 Å². The molecule has 0 bridgehead atoms. The number of amides is 2. The molecule has 6 heteroatoms. The van der Waals surface area contributed by atoms with Crippen molar-refractivity contribution in [3.63, 3.8) is 0 Å². The predicted molar refractivity (Wildman–Crippen MR) is 89.5 cm³/mol. The Morgan fingerprint density at radius 3 is 2.57 bits per heavy atom. The van der Waals surface area contributed by atoms with E-state index in [4.69, 9.17) is 0 Å². The van der Waals surface area contributed by atoms with Crippen molar-refractivity contribution in [2.75, 3.05) is 18.4 Å². The number of benzene rings is 1. The second kappa shape index (κ2) is 8.52. The fraction of sp³-hybridized carbons (Fsp3) is 0.467. The van der Waals surface area contributed by atoms with Crippen molar-refractivity contribution >= 4 is 30.1 Å². The number of nitrogens with one attached hydrogen (secondary N) is 3. The first-order valence-electron chi connectivity index (χ1n) is 7.09. The van der Waals surface area contributed by atoms with Gasteiger partial charge in [0.25, 0.3) is 0 Å². The summed E-state index contributed by atoms with van der Waals surface area (Å²) >= 11 is 0. The van der Waals surface area contributed by atoms with E-state index in [2.05, 4.69) is 20.9 Å². The van der Waals surface area contributed by atoms with Crippen molar-refractivity contribution in [1.82, 2.24) is 10.6 Å². The number of hydrogen-bond acceptors (Lipinski definition) is 3. The zero-order valence-corrected chi connectivity index (χ0v) is 13.3. The smallest absolute Gasteiger partial charge is 0.326 e. The minimum Gasteiger partial charge on any atom is -0.356 e. The summed E-state index contributed by atoms with van der Waals surface area (Å²) in [6.45, 7) is 5.57. The molecule has 116 valence electrons. The lowest BCUT2D eigenvalue weighted by molar-refractivity contribution is 0.255. The topological polar surface area (TPSA) is 65.5 Å². The molecule has 0 aromatic heterocycles. The minimum atomic E-state index is -0.255. The normalized spacial score (nSPS) is 14.7. The molecule has 0 atom stereocenters. The summed E-state index contributed by atoms with van der Waals surface area (Å²) in [6, 6.07) is 5.69. The molecule has 21 heavy (non-hydrogen) atoms. The van der Waals surface area contributed by atoms with Crippen LogP contribution in [0.25, 0.3) is 0 Å². The summed E-state index contributed by atoms with van der Waals surface area (Å²) in [6.07, 6.45) is 3.36. The number of carbonyl (C=O) groups is 1. The van der Waals surface area contributed by atoms with Crippen molar-refractivity contribution in [3.8, 4) is 0 Å². The largest absolute Gasteiger partial charge is 0.356 e. The third kappa shape index (κ3) is 5.27. The Labute approximate surface area is 132 Å². The Morgan fingerprint density at radius 2 is 1.86 bits per heavy atom. The molecule has 3 N–H and O–H groups in total. The van der Waals surface area contributed by atoms with Crippen molar-refractivity contribution < 1.29 is 4.79 Å². The van der Waals surface area contributed by atoms with Gasteiger partial charge in [-0.05, 0) is 44.2 Å². The second-order valence-corrected chi connectivity index (χ2v) is 5.06. The quantitative estimate of drug-likeness (QED) is 0.746. The first kappa shape index (κ1) is 17.3. The highest BCUT2D eigenvalue weighted by Gasteiger charge is 2.10. The van der Waals surface area contributed by atoms with Crippen LogP contribution < -0.4 is 16.0 Å². The lowest BCUT2D eigenvalue weighted by Crippen LogP contribution is -2.44. The maximum absolute atomic E-state index is 12.0. The van der Waals surface area contributed by atoms with E-state index in [1.165, 1.54) is 6.42 Å². The Balaban J connectivity index is 0.00000220. The van der Waals surface area contributed by atoms with Gasteiger partial charge >= 0.3 is 6.03 Å². The lowest BCUT2D eigenvalue weighted by Gasteiger charge is -2.16. The average Bonchev–Trinajstić information content (AvgIpc) is 2.37. The molecule has 0 unspecified atom stereocenters. The monoisotopic (exact) mass is 310 g/mol. The van der Waals surface area contributed by atoms with Gasteiger partial charge in [0.05, 0.1) is 0 Å². The molecule has 0 saturated heterocycles. The van der Waals surface area contributed by atoms with E-state index in [-0.39, 0.29) is 18.4 Å². The second-order valence-electron chi connectivity index (χ2n) is 5.06. The maximum Gasteiger partial charge on any atom is 0.326 e. The van der Waals surface area contributed by atoms with Gasteiger partial charge in [-0.1, -0.05) is 18.2 Å². The average molecular weight is 311 g/mol. The Kier molecular flexibility index (Phi) is 7.02. The molecule has 0 saturated carbocycles. The van der Waals surface area contributed by atoms with Gasteiger partial charge in [-0.25, -0.2) is 4.79 Å². The van der Waals surface area contributed by atoms with Crippen molar-refractivity contribution in [2.45, 2.75) is 33.1 Å². The number of anilines is 1. The van der Waals surface area contributed by atoms with Crippen LogP contribution >= 0.6 is 12.4 Å². The van der Waals surface area contributed by atoms with Gasteiger partial charge in [0, 0.05) is 18.8 Å². The van der Waals surface area contributed by atoms with E-state index < -0.39 is 0 Å². The molecular formula is C15H23ClN4O. The maximum atomic E-state index is 12.0. The van der Waals surface area contributed by atoms with Gasteiger partial charge in [-0.2, -0.15) is 0 Å². The highest BCUT2D eigenvalue weighted by Crippen LogP contribution is 2.18. The van der Waals surface area contributed by atoms with Crippen LogP contribution in [0.1, 0.15) is 30.4 Å². The first-order chi connectivity index (χ1) is 9.66. The van der Waals surface area contributed by atoms with Gasteiger partial charge in [-0.15, -0.1) is 12.4 Å². The number of urea groups is 1. The number of guanidine groups is 1. The molecule has 2 amide bonds. The molecule has 0 spiro atoms. The minimum absolute atomic E-state index is 0. The predicted octanol–water partition coefficient (Wildman–Crippen LogP) is 2.98. The van der Waals surface area contributed by atoms with E-state index in [1.54, 1.807) is 0 Å². The molecule has 5 nitrogen and oxygen atoms in total. The highest BCUT2D eigenvalue weighted by molar-refractivity contribution is 6.03. The van der Waals surface area contributed by atoms with Gasteiger partial charge in [0.1, 0.15) is 0 Å². The summed E-state index contributed by atoms with van der Waals surface area (Å²) in [4.78, 5) is 16.4. The van der Waals surface area contributed by atoms with E-state index in [9.17, 15) is 4.79 Å². The lowest BCUT2D eigenvalue weighted by atomic mass is 10.1. The molecule has 0 fully saturated rings. The zero-order chi connectivity index (χ0) is 14.4. The SMILES string of the molecule is Cc1cccc(C)c1NC(=O)NC1=NCCCCCN1.Cl. The standard InChI is InChI=1S/C15H22N4O.ClH/c1-11-7-6-8-12(2)13(11)18-15(20)19-14-16-9-4-3-5-10-17-14;/h6-8H,3-5,9-10H2,1-2H3,(H3,16,17,18,19,20);1H. The Bertz CT molecular complexity index is 496. The number of carbonyl (C=O) groups excluding carboxylic acids is 1. The van der Waals surface area contributed by atoms with Crippen LogP contribution in [0.4, 0.5) is 10.5 Å². The van der Waals surface area contributed by atoms with Crippen molar-refractivity contribution in [2.24, 2.45) is 4.99 Å². The van der Waals surface area contributed by atoms with E-state index in [0.717, 1.165) is 42.7 Å². The Morgan fingerprint density at radius 1 is 1.14 bits per heavy atom. The number of rotatable bonds is 1. The number of hydrogen-bond donors (Lipinski definition) is 3. The Hall–Kier alpha value is -1.75. The van der Waals surface area contributed by atoms with Crippen LogP contribution in [0.15, 0.2) is 23.2 Å². The molecule has 1 heterocycles. The van der Waals surface area contributed by atoms with Crippen LogP contribution in [0, 0.1) is 13.8 Å². The van der Waals surface area contributed by atoms with E-state index in [0.29, 0.717) is 5.96 Å². The van der Waals surface area contributed by atoms with Crippen molar-refractivity contribution in [3.05, 3.63) is 29.3 Å². The number of aryl methyl sites for hydroxylation is 2. The van der Waals surface area contributed by atoms with Crippen LogP contribution in [-0.4, -0.2) is 25.1 Å². The van der Waals surface area contributed by atoms with Crippen LogP contribution in [-0.2, 0) is 0 Å². The fourth-order valence-corrected chi connectivity index (χ4v) is 2.21. The molecule has 1 aliphatic heterocycles. The van der Waals surface area contributed by atoms with Gasteiger partial charge in [0.15, 0.2) is 5.96 Å². The molecular weight excluding hydrogens is 288 g/mol. The van der Waals surface area contributed by atoms with E-state index in [1.807, 2.05) is 32.0 Å². The third-order valence-corrected chi connectivity index (χ3v) is 3.35. The molecule has 0 aliphatic carbocycles. The highest BCUT2D eigenvalue weighted by atomic mass is 35.5. The molecule has 1 aliphatic rings. The molecule has 2 rings (SSSR count). The summed E-state index contributed by atoms with van der Waals surface area (Å²) < 4.78 is 0. The van der Waals surface area contributed by atoms with E-state index >= 15 is 0 Å². The number of halogens is 1. The summed E-state index contributed by atoms with van der Waals surface area (Å²) in [5.41, 5.74) is 2.96.